The van der Waals surface area contributed by atoms with Crippen molar-refractivity contribution in [2.75, 3.05) is 12.9 Å². The molecule has 0 aliphatic carbocycles. The third kappa shape index (κ3) is 4.04. The van der Waals surface area contributed by atoms with Crippen molar-refractivity contribution >= 4 is 20.1 Å². The minimum atomic E-state index is -1.89. The Balaban J connectivity index is 5.24. The first kappa shape index (κ1) is 17.1. The highest BCUT2D eigenvalue weighted by atomic mass is 32.2. The van der Waals surface area contributed by atoms with Crippen LogP contribution in [0.5, 0.6) is 0 Å². The molecule has 0 aromatic carbocycles. The van der Waals surface area contributed by atoms with Crippen LogP contribution in [0.2, 0.25) is 16.6 Å². The molecule has 0 spiro atoms. The topological polar surface area (TPSA) is 29.5 Å². The van der Waals surface area contributed by atoms with Crippen LogP contribution in [0.4, 0.5) is 0 Å². The van der Waals surface area contributed by atoms with Gasteiger partial charge in [0.05, 0.1) is 6.61 Å². The minimum Gasteiger partial charge on any atom is -0.544 e. The van der Waals surface area contributed by atoms with Gasteiger partial charge in [0.15, 0.2) is 0 Å². The van der Waals surface area contributed by atoms with E-state index in [1.807, 2.05) is 11.7 Å². The van der Waals surface area contributed by atoms with Crippen LogP contribution in [-0.2, 0) is 4.43 Å². The first-order valence-corrected chi connectivity index (χ1v) is 9.77. The molecule has 1 N–H and O–H groups in total. The second-order valence-corrected chi connectivity index (χ2v) is 11.5. The van der Waals surface area contributed by atoms with Crippen LogP contribution in [0.3, 0.4) is 0 Å². The van der Waals surface area contributed by atoms with Crippen molar-refractivity contribution in [3.63, 3.8) is 0 Å². The zero-order valence-electron chi connectivity index (χ0n) is 12.3. The molecule has 0 unspecified atom stereocenters. The van der Waals surface area contributed by atoms with Gasteiger partial charge in [-0.2, -0.15) is 0 Å². The number of hydrogen-bond donors (Lipinski definition) is 1. The van der Waals surface area contributed by atoms with E-state index in [2.05, 4.69) is 41.5 Å². The third-order valence-corrected chi connectivity index (χ3v) is 9.95. The van der Waals surface area contributed by atoms with E-state index in [4.69, 9.17) is 4.43 Å². The van der Waals surface area contributed by atoms with Gasteiger partial charge >= 0.3 is 0 Å². The average Bonchev–Trinajstić information content (AvgIpc) is 2.22. The zero-order valence-corrected chi connectivity index (χ0v) is 14.1. The molecule has 0 amide bonds. The molecule has 0 heterocycles. The van der Waals surface area contributed by atoms with Gasteiger partial charge < -0.3 is 9.53 Å². The first-order valence-electron chi connectivity index (χ1n) is 6.34. The van der Waals surface area contributed by atoms with Crippen LogP contribution in [0.15, 0.2) is 11.2 Å². The second-order valence-electron chi connectivity index (χ2n) is 5.40. The number of aliphatic hydroxyl groups excluding tert-OH is 1. The van der Waals surface area contributed by atoms with E-state index in [0.717, 1.165) is 5.76 Å². The monoisotopic (exact) mass is 276 g/mol. The lowest BCUT2D eigenvalue weighted by molar-refractivity contribution is 0.249. The highest BCUT2D eigenvalue weighted by Gasteiger charge is 2.47. The maximum absolute atomic E-state index is 9.38. The lowest BCUT2D eigenvalue weighted by atomic mass is 10.5. The maximum Gasteiger partial charge on any atom is 0.258 e. The van der Waals surface area contributed by atoms with Gasteiger partial charge in [0.1, 0.15) is 5.76 Å². The van der Waals surface area contributed by atoms with E-state index < -0.39 is 8.32 Å². The molecule has 0 fully saturated rings. The van der Waals surface area contributed by atoms with Crippen molar-refractivity contribution < 1.29 is 9.53 Å². The Labute approximate surface area is 112 Å². The van der Waals surface area contributed by atoms with Crippen molar-refractivity contribution in [2.24, 2.45) is 0 Å². The fraction of sp³-hybridized carbons (Fsp3) is 0.846. The van der Waals surface area contributed by atoms with E-state index in [9.17, 15) is 5.11 Å². The predicted molar refractivity (Wildman–Crippen MR) is 80.8 cm³/mol. The standard InChI is InChI=1S/C13H28O2SSi/c1-10(2)17(11(3)4,12(5)6)15-13(8-14)9-16-7/h9-12,14H,8H2,1-7H3/b13-9-. The SMILES string of the molecule is CS/C=C(/CO)O[Si](C(C)C)(C(C)C)C(C)C. The summed E-state index contributed by atoms with van der Waals surface area (Å²) in [6.45, 7) is 13.5. The van der Waals surface area contributed by atoms with Crippen molar-refractivity contribution in [1.29, 1.82) is 0 Å². The van der Waals surface area contributed by atoms with Crippen LogP contribution in [0.1, 0.15) is 41.5 Å². The molecule has 0 aliphatic rings. The summed E-state index contributed by atoms with van der Waals surface area (Å²) in [6.07, 6.45) is 1.99. The van der Waals surface area contributed by atoms with E-state index in [-0.39, 0.29) is 6.61 Å². The van der Waals surface area contributed by atoms with Gasteiger partial charge in [-0.05, 0) is 22.9 Å². The highest BCUT2D eigenvalue weighted by Crippen LogP contribution is 2.43. The molecule has 4 heteroatoms. The third-order valence-electron chi connectivity index (χ3n) is 3.42. The Hall–Kier alpha value is 0.0669. The molecule has 0 saturated heterocycles. The predicted octanol–water partition coefficient (Wildman–Crippen LogP) is 4.38. The first-order chi connectivity index (χ1) is 7.82. The Morgan fingerprint density at radius 2 is 1.53 bits per heavy atom. The molecule has 0 rings (SSSR count). The molecular formula is C13H28O2SSi. The summed E-state index contributed by atoms with van der Waals surface area (Å²) in [5, 5.41) is 11.3. The lowest BCUT2D eigenvalue weighted by Gasteiger charge is -2.42. The molecule has 0 atom stereocenters. The van der Waals surface area contributed by atoms with Gasteiger partial charge in [-0.25, -0.2) is 0 Å². The van der Waals surface area contributed by atoms with E-state index in [1.54, 1.807) is 11.8 Å². The minimum absolute atomic E-state index is 0.00174. The summed E-state index contributed by atoms with van der Waals surface area (Å²) < 4.78 is 6.34. The molecule has 0 radical (unpaired) electrons. The number of hydrogen-bond acceptors (Lipinski definition) is 3. The summed E-state index contributed by atoms with van der Waals surface area (Å²) in [5.41, 5.74) is 1.62. The van der Waals surface area contributed by atoms with Crippen LogP contribution in [-0.4, -0.2) is 26.3 Å². The fourth-order valence-corrected chi connectivity index (χ4v) is 8.56. The van der Waals surface area contributed by atoms with Crippen molar-refractivity contribution in [3.8, 4) is 0 Å². The summed E-state index contributed by atoms with van der Waals surface area (Å²) in [5.74, 6) is 0.736. The van der Waals surface area contributed by atoms with Gasteiger partial charge in [0.2, 0.25) is 0 Å². The van der Waals surface area contributed by atoms with Gasteiger partial charge in [-0.1, -0.05) is 41.5 Å². The molecule has 0 saturated carbocycles. The van der Waals surface area contributed by atoms with E-state index >= 15 is 0 Å². The van der Waals surface area contributed by atoms with Gasteiger partial charge in [0, 0.05) is 5.41 Å². The van der Waals surface area contributed by atoms with Crippen molar-refractivity contribution in [2.45, 2.75) is 58.2 Å². The Morgan fingerprint density at radius 1 is 1.12 bits per heavy atom. The number of rotatable bonds is 7. The lowest BCUT2D eigenvalue weighted by Crippen LogP contribution is -2.47. The van der Waals surface area contributed by atoms with Gasteiger partial charge in [-0.3, -0.25) is 0 Å². The zero-order chi connectivity index (χ0) is 13.6. The number of aliphatic hydroxyl groups is 1. The van der Waals surface area contributed by atoms with E-state index in [1.165, 1.54) is 0 Å². The molecule has 0 bridgehead atoms. The molecule has 17 heavy (non-hydrogen) atoms. The van der Waals surface area contributed by atoms with Crippen molar-refractivity contribution in [1.82, 2.24) is 0 Å². The van der Waals surface area contributed by atoms with Crippen LogP contribution < -0.4 is 0 Å². The van der Waals surface area contributed by atoms with Crippen LogP contribution >= 0.6 is 11.8 Å². The normalized spacial score (nSPS) is 13.9. The average molecular weight is 277 g/mol. The molecule has 102 valence electrons. The number of thioether (sulfide) groups is 1. The molecule has 0 aliphatic heterocycles. The summed E-state index contributed by atoms with van der Waals surface area (Å²) >= 11 is 1.59. The smallest absolute Gasteiger partial charge is 0.258 e. The summed E-state index contributed by atoms with van der Waals surface area (Å²) in [4.78, 5) is 0. The Bertz CT molecular complexity index is 228. The maximum atomic E-state index is 9.38. The van der Waals surface area contributed by atoms with Gasteiger partial charge in [-0.15, -0.1) is 11.8 Å². The van der Waals surface area contributed by atoms with E-state index in [0.29, 0.717) is 16.6 Å². The second kappa shape index (κ2) is 7.49. The Morgan fingerprint density at radius 3 is 1.76 bits per heavy atom. The molecule has 0 aromatic rings. The molecular weight excluding hydrogens is 248 g/mol. The Kier molecular flexibility index (Phi) is 7.52. The van der Waals surface area contributed by atoms with Gasteiger partial charge in [0.25, 0.3) is 8.32 Å². The molecule has 2 nitrogen and oxygen atoms in total. The highest BCUT2D eigenvalue weighted by molar-refractivity contribution is 8.01. The van der Waals surface area contributed by atoms with Crippen molar-refractivity contribution in [3.05, 3.63) is 11.2 Å². The molecule has 0 aromatic heterocycles. The van der Waals surface area contributed by atoms with Crippen LogP contribution in [0, 0.1) is 0 Å². The quantitative estimate of drug-likeness (QED) is 0.553. The van der Waals surface area contributed by atoms with Crippen LogP contribution in [0.25, 0.3) is 0 Å². The largest absolute Gasteiger partial charge is 0.544 e. The summed E-state index contributed by atoms with van der Waals surface area (Å²) in [6, 6.07) is 0. The fourth-order valence-electron chi connectivity index (χ4n) is 2.81. The summed E-state index contributed by atoms with van der Waals surface area (Å²) in [7, 11) is -1.89.